The summed E-state index contributed by atoms with van der Waals surface area (Å²) in [6.45, 7) is 2.23. The second-order valence-corrected chi connectivity index (χ2v) is 6.22. The average Bonchev–Trinajstić information content (AvgIpc) is 3.10. The minimum absolute atomic E-state index is 0.381. The molecule has 3 aromatic rings. The van der Waals surface area contributed by atoms with Crippen LogP contribution in [0.25, 0.3) is 10.9 Å². The van der Waals surface area contributed by atoms with Gasteiger partial charge in [-0.2, -0.15) is 0 Å². The highest BCUT2D eigenvalue weighted by Crippen LogP contribution is 2.31. The van der Waals surface area contributed by atoms with Gasteiger partial charge in [0.05, 0.1) is 6.04 Å². The summed E-state index contributed by atoms with van der Waals surface area (Å²) in [5.74, 6) is 0. The van der Waals surface area contributed by atoms with Crippen LogP contribution in [0, 0.1) is 0 Å². The molecule has 1 aliphatic rings. The first-order chi connectivity index (χ1) is 11.4. The Hall–Kier alpha value is -2.32. The Labute approximate surface area is 137 Å². The van der Waals surface area contributed by atoms with Crippen LogP contribution < -0.4 is 0 Å². The summed E-state index contributed by atoms with van der Waals surface area (Å²) < 4.78 is 0. The van der Waals surface area contributed by atoms with E-state index in [9.17, 15) is 0 Å². The molecule has 1 aromatic heterocycles. The third-order valence-electron chi connectivity index (χ3n) is 4.77. The lowest BCUT2D eigenvalue weighted by atomic mass is 9.97. The van der Waals surface area contributed by atoms with Gasteiger partial charge in [0.1, 0.15) is 0 Å². The second-order valence-electron chi connectivity index (χ2n) is 6.22. The van der Waals surface area contributed by atoms with Crippen LogP contribution in [-0.2, 0) is 6.42 Å². The Balaban J connectivity index is 1.59. The van der Waals surface area contributed by atoms with Gasteiger partial charge in [0, 0.05) is 30.2 Å². The van der Waals surface area contributed by atoms with Crippen molar-refractivity contribution in [3.8, 4) is 0 Å². The smallest absolute Gasteiger partial charge is 0.0538 e. The van der Waals surface area contributed by atoms with Crippen molar-refractivity contribution < 1.29 is 0 Å². The Morgan fingerprint density at radius 2 is 1.91 bits per heavy atom. The molecule has 1 unspecified atom stereocenters. The number of nitrogens with zero attached hydrogens (tertiary/aromatic N) is 1. The average molecular weight is 302 g/mol. The summed E-state index contributed by atoms with van der Waals surface area (Å²) in [7, 11) is 0. The molecule has 1 atom stereocenters. The van der Waals surface area contributed by atoms with Crippen LogP contribution in [0.5, 0.6) is 0 Å². The summed E-state index contributed by atoms with van der Waals surface area (Å²) in [5.41, 5.74) is 4.05. The van der Waals surface area contributed by atoms with Crippen LogP contribution in [0.4, 0.5) is 0 Å². The third kappa shape index (κ3) is 2.95. The maximum atomic E-state index is 3.33. The third-order valence-corrected chi connectivity index (χ3v) is 4.77. The molecule has 0 amide bonds. The second kappa shape index (κ2) is 6.43. The van der Waals surface area contributed by atoms with Crippen LogP contribution in [0.15, 0.2) is 72.9 Å². The number of aromatic amines is 1. The molecule has 0 aliphatic carbocycles. The molecule has 116 valence electrons. The molecule has 2 nitrogen and oxygen atoms in total. The first-order valence-electron chi connectivity index (χ1n) is 8.42. The molecule has 0 spiro atoms. The van der Waals surface area contributed by atoms with E-state index < -0.39 is 0 Å². The lowest BCUT2D eigenvalue weighted by Crippen LogP contribution is -2.32. The summed E-state index contributed by atoms with van der Waals surface area (Å²) >= 11 is 0. The number of fused-ring (bicyclic) bond motifs is 1. The van der Waals surface area contributed by atoms with E-state index in [1.54, 1.807) is 0 Å². The largest absolute Gasteiger partial charge is 0.361 e. The quantitative estimate of drug-likeness (QED) is 0.691. The molecule has 0 saturated heterocycles. The van der Waals surface area contributed by atoms with Gasteiger partial charge in [0.2, 0.25) is 0 Å². The van der Waals surface area contributed by atoms with Crippen molar-refractivity contribution in [2.45, 2.75) is 18.9 Å². The molecule has 0 radical (unpaired) electrons. The molecule has 4 rings (SSSR count). The summed E-state index contributed by atoms with van der Waals surface area (Å²) in [4.78, 5) is 5.94. The topological polar surface area (TPSA) is 19.0 Å². The van der Waals surface area contributed by atoms with Gasteiger partial charge in [-0.3, -0.25) is 4.90 Å². The number of H-pyrrole nitrogens is 1. The highest BCUT2D eigenvalue weighted by molar-refractivity contribution is 5.83. The standard InChI is InChI=1S/C21H22N2/c1-2-7-17(8-3-1)13-16-23-15-5-4-11-21(23)19-9-6-10-20-18(19)12-14-22-20/h1-4,6-12,14,21-22H,5,13,15-16H2. The minimum Gasteiger partial charge on any atom is -0.361 e. The van der Waals surface area contributed by atoms with Crippen LogP contribution in [-0.4, -0.2) is 23.0 Å². The van der Waals surface area contributed by atoms with Crippen LogP contribution in [0.2, 0.25) is 0 Å². The number of rotatable bonds is 4. The fourth-order valence-electron chi connectivity index (χ4n) is 3.56. The summed E-state index contributed by atoms with van der Waals surface area (Å²) in [6.07, 6.45) is 8.99. The van der Waals surface area contributed by atoms with Gasteiger partial charge in [0.25, 0.3) is 0 Å². The van der Waals surface area contributed by atoms with E-state index in [0.717, 1.165) is 25.9 Å². The van der Waals surface area contributed by atoms with Gasteiger partial charge >= 0.3 is 0 Å². The fourth-order valence-corrected chi connectivity index (χ4v) is 3.56. The number of aromatic nitrogens is 1. The van der Waals surface area contributed by atoms with Crippen molar-refractivity contribution >= 4 is 10.9 Å². The van der Waals surface area contributed by atoms with E-state index in [0.29, 0.717) is 6.04 Å². The number of nitrogens with one attached hydrogen (secondary N) is 1. The lowest BCUT2D eigenvalue weighted by molar-refractivity contribution is 0.229. The minimum atomic E-state index is 0.381. The Bertz CT molecular complexity index is 801. The molecule has 0 saturated carbocycles. The van der Waals surface area contributed by atoms with E-state index >= 15 is 0 Å². The van der Waals surface area contributed by atoms with Gasteiger partial charge in [0.15, 0.2) is 0 Å². The van der Waals surface area contributed by atoms with E-state index in [2.05, 4.69) is 76.6 Å². The lowest BCUT2D eigenvalue weighted by Gasteiger charge is -2.33. The van der Waals surface area contributed by atoms with Crippen LogP contribution in [0.1, 0.15) is 23.6 Å². The van der Waals surface area contributed by atoms with E-state index in [1.165, 1.54) is 22.0 Å². The summed E-state index contributed by atoms with van der Waals surface area (Å²) in [5, 5.41) is 1.34. The summed E-state index contributed by atoms with van der Waals surface area (Å²) in [6, 6.07) is 19.9. The zero-order chi connectivity index (χ0) is 15.5. The number of benzene rings is 2. The number of hydrogen-bond acceptors (Lipinski definition) is 1. The maximum Gasteiger partial charge on any atom is 0.0538 e. The van der Waals surface area contributed by atoms with Crippen molar-refractivity contribution in [2.24, 2.45) is 0 Å². The first-order valence-corrected chi connectivity index (χ1v) is 8.42. The van der Waals surface area contributed by atoms with Crippen molar-refractivity contribution in [2.75, 3.05) is 13.1 Å². The Morgan fingerprint density at radius 3 is 2.83 bits per heavy atom. The highest BCUT2D eigenvalue weighted by Gasteiger charge is 2.21. The molecule has 0 bridgehead atoms. The Morgan fingerprint density at radius 1 is 1.00 bits per heavy atom. The molecule has 1 N–H and O–H groups in total. The first kappa shape index (κ1) is 14.3. The van der Waals surface area contributed by atoms with Crippen LogP contribution in [0.3, 0.4) is 0 Å². The van der Waals surface area contributed by atoms with Crippen LogP contribution >= 0.6 is 0 Å². The van der Waals surface area contributed by atoms with Gasteiger partial charge in [-0.15, -0.1) is 0 Å². The van der Waals surface area contributed by atoms with Crippen molar-refractivity contribution in [1.82, 2.24) is 9.88 Å². The number of hydrogen-bond donors (Lipinski definition) is 1. The van der Waals surface area contributed by atoms with Gasteiger partial charge in [-0.25, -0.2) is 0 Å². The molecular weight excluding hydrogens is 280 g/mol. The molecule has 0 fully saturated rings. The molecule has 1 aliphatic heterocycles. The molecular formula is C21H22N2. The molecule has 23 heavy (non-hydrogen) atoms. The predicted octanol–water partition coefficient (Wildman–Crippen LogP) is 4.71. The SMILES string of the molecule is C1=CC(c2cccc3[nH]ccc23)N(CCc2ccccc2)CC1. The van der Waals surface area contributed by atoms with Gasteiger partial charge in [-0.05, 0) is 36.1 Å². The predicted molar refractivity (Wildman–Crippen MR) is 96.5 cm³/mol. The molecule has 2 heteroatoms. The van der Waals surface area contributed by atoms with Crippen molar-refractivity contribution in [3.05, 3.63) is 84.1 Å². The fraction of sp³-hybridized carbons (Fsp3) is 0.238. The van der Waals surface area contributed by atoms with E-state index in [1.807, 2.05) is 6.20 Å². The molecule has 2 heterocycles. The maximum absolute atomic E-state index is 3.33. The van der Waals surface area contributed by atoms with Crippen molar-refractivity contribution in [3.63, 3.8) is 0 Å². The normalized spacial score (nSPS) is 18.5. The zero-order valence-electron chi connectivity index (χ0n) is 13.3. The monoisotopic (exact) mass is 302 g/mol. The molecule has 2 aromatic carbocycles. The zero-order valence-corrected chi connectivity index (χ0v) is 13.3. The highest BCUT2D eigenvalue weighted by atomic mass is 15.2. The Kier molecular flexibility index (Phi) is 3.99. The van der Waals surface area contributed by atoms with Gasteiger partial charge in [-0.1, -0.05) is 54.6 Å². The van der Waals surface area contributed by atoms with E-state index in [4.69, 9.17) is 0 Å². The van der Waals surface area contributed by atoms with E-state index in [-0.39, 0.29) is 0 Å². The van der Waals surface area contributed by atoms with Gasteiger partial charge < -0.3 is 4.98 Å². The van der Waals surface area contributed by atoms with Crippen molar-refractivity contribution in [1.29, 1.82) is 0 Å².